The molecule has 1 aromatic carbocycles. The van der Waals surface area contributed by atoms with E-state index >= 15 is 0 Å². The summed E-state index contributed by atoms with van der Waals surface area (Å²) in [7, 11) is 1.60. The Hall–Kier alpha value is -2.56. The number of benzene rings is 1. The normalized spacial score (nSPS) is 11.2. The van der Waals surface area contributed by atoms with Crippen LogP contribution in [-0.2, 0) is 0 Å². The number of nitrogens with zero attached hydrogens (tertiary/aromatic N) is 1. The van der Waals surface area contributed by atoms with E-state index in [9.17, 15) is 4.79 Å². The van der Waals surface area contributed by atoms with Crippen molar-refractivity contribution < 1.29 is 13.9 Å². The molecule has 0 bridgehead atoms. The second kappa shape index (κ2) is 6.06. The van der Waals surface area contributed by atoms with Crippen LogP contribution < -0.4 is 10.2 Å². The number of aryl methyl sites for hydroxylation is 1. The highest BCUT2D eigenvalue weighted by atomic mass is 16.5. The van der Waals surface area contributed by atoms with Gasteiger partial charge in [-0.25, -0.2) is 5.43 Å². The van der Waals surface area contributed by atoms with Gasteiger partial charge in [-0.05, 0) is 38.1 Å². The van der Waals surface area contributed by atoms with Gasteiger partial charge in [0, 0.05) is 5.56 Å². The summed E-state index contributed by atoms with van der Waals surface area (Å²) in [5.41, 5.74) is 4.02. The number of hydrazone groups is 1. The van der Waals surface area contributed by atoms with E-state index in [1.165, 1.54) is 0 Å². The maximum absolute atomic E-state index is 11.8. The second-order valence-corrected chi connectivity index (χ2v) is 4.28. The molecule has 5 heteroatoms. The molecule has 0 atom stereocenters. The van der Waals surface area contributed by atoms with E-state index in [4.69, 9.17) is 9.15 Å². The van der Waals surface area contributed by atoms with E-state index in [1.54, 1.807) is 26.2 Å². The van der Waals surface area contributed by atoms with Gasteiger partial charge in [0.25, 0.3) is 0 Å². The minimum Gasteiger partial charge on any atom is -0.497 e. The molecule has 1 aromatic heterocycles. The van der Waals surface area contributed by atoms with E-state index in [0.717, 1.165) is 11.3 Å². The first-order chi connectivity index (χ1) is 9.60. The summed E-state index contributed by atoms with van der Waals surface area (Å²) in [6.45, 7) is 3.59. The Bertz CT molecular complexity index is 644. The fraction of sp³-hybridized carbons (Fsp3) is 0.200. The van der Waals surface area contributed by atoms with Crippen molar-refractivity contribution in [3.8, 4) is 5.75 Å². The molecule has 0 aliphatic rings. The molecule has 2 aromatic rings. The first kappa shape index (κ1) is 13.9. The van der Waals surface area contributed by atoms with Gasteiger partial charge in [-0.2, -0.15) is 5.10 Å². The molecule has 0 radical (unpaired) electrons. The predicted molar refractivity (Wildman–Crippen MR) is 76.1 cm³/mol. The average Bonchev–Trinajstić information content (AvgIpc) is 2.91. The maximum atomic E-state index is 11.8. The molecule has 20 heavy (non-hydrogen) atoms. The zero-order valence-electron chi connectivity index (χ0n) is 11.6. The van der Waals surface area contributed by atoms with Crippen LogP contribution in [0.1, 0.15) is 28.8 Å². The van der Waals surface area contributed by atoms with Crippen molar-refractivity contribution in [2.24, 2.45) is 5.10 Å². The fourth-order valence-corrected chi connectivity index (χ4v) is 1.66. The Morgan fingerprint density at radius 1 is 1.30 bits per heavy atom. The van der Waals surface area contributed by atoms with E-state index in [1.807, 2.05) is 31.2 Å². The zero-order valence-corrected chi connectivity index (χ0v) is 11.6. The molecule has 2 rings (SSSR count). The minimum absolute atomic E-state index is 0.240. The van der Waals surface area contributed by atoms with Crippen LogP contribution in [0.3, 0.4) is 0 Å². The van der Waals surface area contributed by atoms with Crippen LogP contribution in [0.4, 0.5) is 0 Å². The molecule has 1 heterocycles. The smallest absolute Gasteiger partial charge is 0.307 e. The van der Waals surface area contributed by atoms with Crippen molar-refractivity contribution in [2.75, 3.05) is 7.11 Å². The largest absolute Gasteiger partial charge is 0.497 e. The van der Waals surface area contributed by atoms with Gasteiger partial charge in [-0.15, -0.1) is 0 Å². The summed E-state index contributed by atoms with van der Waals surface area (Å²) in [6, 6.07) is 10.8. The van der Waals surface area contributed by atoms with E-state index in [0.29, 0.717) is 11.5 Å². The van der Waals surface area contributed by atoms with Crippen molar-refractivity contribution in [1.82, 2.24) is 5.43 Å². The monoisotopic (exact) mass is 272 g/mol. The molecule has 0 saturated carbocycles. The van der Waals surface area contributed by atoms with Crippen molar-refractivity contribution in [3.05, 3.63) is 53.5 Å². The highest BCUT2D eigenvalue weighted by Gasteiger charge is 2.09. The van der Waals surface area contributed by atoms with Crippen molar-refractivity contribution in [2.45, 2.75) is 13.8 Å². The molecule has 0 aliphatic carbocycles. The van der Waals surface area contributed by atoms with Gasteiger partial charge >= 0.3 is 5.91 Å². The third-order valence-corrected chi connectivity index (χ3v) is 2.78. The topological polar surface area (TPSA) is 63.8 Å². The number of methoxy groups -OCH3 is 1. The van der Waals surface area contributed by atoms with Gasteiger partial charge in [-0.3, -0.25) is 4.79 Å². The first-order valence-electron chi connectivity index (χ1n) is 6.15. The average molecular weight is 272 g/mol. The molecular weight excluding hydrogens is 256 g/mol. The number of rotatable bonds is 4. The summed E-state index contributed by atoms with van der Waals surface area (Å²) in [6.07, 6.45) is 0. The molecule has 0 spiro atoms. The van der Waals surface area contributed by atoms with E-state index < -0.39 is 0 Å². The summed E-state index contributed by atoms with van der Waals surface area (Å²) in [5, 5.41) is 4.06. The predicted octanol–water partition coefficient (Wildman–Crippen LogP) is 2.75. The standard InChI is InChI=1S/C15H16N2O3/c1-10-7-8-14(20-10)15(18)17-16-11(2)12-5-4-6-13(9-12)19-3/h4-9H,1-3H3,(H,17,18). The number of hydrogen-bond donors (Lipinski definition) is 1. The van der Waals surface area contributed by atoms with Crippen LogP contribution in [0.25, 0.3) is 0 Å². The van der Waals surface area contributed by atoms with E-state index in [2.05, 4.69) is 10.5 Å². The number of nitrogens with one attached hydrogen (secondary N) is 1. The van der Waals surface area contributed by atoms with Crippen molar-refractivity contribution in [3.63, 3.8) is 0 Å². The highest BCUT2D eigenvalue weighted by molar-refractivity contribution is 6.00. The van der Waals surface area contributed by atoms with Gasteiger partial charge in [0.05, 0.1) is 12.8 Å². The van der Waals surface area contributed by atoms with Gasteiger partial charge in [-0.1, -0.05) is 12.1 Å². The van der Waals surface area contributed by atoms with Gasteiger partial charge < -0.3 is 9.15 Å². The van der Waals surface area contributed by atoms with Crippen LogP contribution in [0, 0.1) is 6.92 Å². The van der Waals surface area contributed by atoms with Crippen LogP contribution in [0.2, 0.25) is 0 Å². The summed E-state index contributed by atoms with van der Waals surface area (Å²) in [5.74, 6) is 1.29. The fourth-order valence-electron chi connectivity index (χ4n) is 1.66. The minimum atomic E-state index is -0.375. The van der Waals surface area contributed by atoms with Crippen LogP contribution >= 0.6 is 0 Å². The van der Waals surface area contributed by atoms with Gasteiger partial charge in [0.15, 0.2) is 5.76 Å². The lowest BCUT2D eigenvalue weighted by atomic mass is 10.1. The first-order valence-corrected chi connectivity index (χ1v) is 6.15. The Morgan fingerprint density at radius 2 is 2.10 bits per heavy atom. The number of furan rings is 1. The van der Waals surface area contributed by atoms with E-state index in [-0.39, 0.29) is 11.7 Å². The van der Waals surface area contributed by atoms with Crippen molar-refractivity contribution >= 4 is 11.6 Å². The lowest BCUT2D eigenvalue weighted by Crippen LogP contribution is -2.18. The number of hydrogen-bond acceptors (Lipinski definition) is 4. The number of carbonyl (C=O) groups excluding carboxylic acids is 1. The molecule has 0 saturated heterocycles. The molecule has 5 nitrogen and oxygen atoms in total. The Balaban J connectivity index is 2.08. The van der Waals surface area contributed by atoms with Crippen LogP contribution in [0.5, 0.6) is 5.75 Å². The molecule has 1 amide bonds. The molecule has 0 fully saturated rings. The quantitative estimate of drug-likeness (QED) is 0.687. The molecule has 104 valence electrons. The van der Waals surface area contributed by atoms with Gasteiger partial charge in [0.1, 0.15) is 11.5 Å². The number of carbonyl (C=O) groups is 1. The maximum Gasteiger partial charge on any atom is 0.307 e. The van der Waals surface area contributed by atoms with Crippen LogP contribution in [0.15, 0.2) is 45.9 Å². The molecule has 0 unspecified atom stereocenters. The van der Waals surface area contributed by atoms with Gasteiger partial charge in [0.2, 0.25) is 0 Å². The van der Waals surface area contributed by atoms with Crippen molar-refractivity contribution in [1.29, 1.82) is 0 Å². The van der Waals surface area contributed by atoms with Crippen LogP contribution in [-0.4, -0.2) is 18.7 Å². The number of amides is 1. The Morgan fingerprint density at radius 3 is 2.75 bits per heavy atom. The summed E-state index contributed by atoms with van der Waals surface area (Å²) in [4.78, 5) is 11.8. The summed E-state index contributed by atoms with van der Waals surface area (Å²) >= 11 is 0. The Kier molecular flexibility index (Phi) is 4.20. The third kappa shape index (κ3) is 3.26. The molecular formula is C15H16N2O3. The Labute approximate surface area is 117 Å². The summed E-state index contributed by atoms with van der Waals surface area (Å²) < 4.78 is 10.4. The zero-order chi connectivity index (χ0) is 14.5. The third-order valence-electron chi connectivity index (χ3n) is 2.78. The highest BCUT2D eigenvalue weighted by Crippen LogP contribution is 2.13. The second-order valence-electron chi connectivity index (χ2n) is 4.28. The molecule has 0 aliphatic heterocycles. The number of ether oxygens (including phenoxy) is 1. The lowest BCUT2D eigenvalue weighted by molar-refractivity contribution is 0.0926. The lowest BCUT2D eigenvalue weighted by Gasteiger charge is -2.04. The molecule has 1 N–H and O–H groups in total. The SMILES string of the molecule is COc1cccc(C(C)=NNC(=O)c2ccc(C)o2)c1.